The van der Waals surface area contributed by atoms with Gasteiger partial charge in [-0.1, -0.05) is 12.0 Å². The quantitative estimate of drug-likeness (QED) is 0.800. The average molecular weight is 256 g/mol. The van der Waals surface area contributed by atoms with E-state index in [1.165, 1.54) is 6.26 Å². The number of nitrogens with one attached hydrogen (secondary N) is 1. The predicted molar refractivity (Wildman–Crippen MR) is 69.6 cm³/mol. The van der Waals surface area contributed by atoms with Gasteiger partial charge >= 0.3 is 0 Å². The Bertz CT molecular complexity index is 650. The second-order valence-corrected chi connectivity index (χ2v) is 3.71. The zero-order valence-corrected chi connectivity index (χ0v) is 10.3. The molecule has 5 heteroatoms. The smallest absolute Gasteiger partial charge is 0.260 e. The summed E-state index contributed by atoms with van der Waals surface area (Å²) in [5.74, 6) is 5.83. The van der Waals surface area contributed by atoms with Crippen LogP contribution in [-0.4, -0.2) is 22.6 Å². The highest BCUT2D eigenvalue weighted by Gasteiger charge is 2.11. The summed E-state index contributed by atoms with van der Waals surface area (Å²) in [6, 6.07) is 6.69. The number of rotatable bonds is 2. The van der Waals surface area contributed by atoms with E-state index in [4.69, 9.17) is 9.52 Å². The molecule has 0 unspecified atom stereocenters. The molecule has 0 saturated carbocycles. The number of hydrogen-bond acceptors (Lipinski definition) is 4. The zero-order chi connectivity index (χ0) is 13.7. The number of furan rings is 1. The summed E-state index contributed by atoms with van der Waals surface area (Å²) in [5.41, 5.74) is 0.949. The number of nitrogens with zero attached hydrogens (tertiary/aromatic N) is 1. The van der Waals surface area contributed by atoms with Crippen molar-refractivity contribution >= 4 is 11.7 Å². The molecule has 0 saturated heterocycles. The van der Waals surface area contributed by atoms with E-state index in [1.807, 2.05) is 0 Å². The van der Waals surface area contributed by atoms with E-state index in [9.17, 15) is 4.79 Å². The van der Waals surface area contributed by atoms with Crippen molar-refractivity contribution in [2.75, 3.05) is 11.9 Å². The highest BCUT2D eigenvalue weighted by Crippen LogP contribution is 2.12. The van der Waals surface area contributed by atoms with Gasteiger partial charge in [-0.25, -0.2) is 4.98 Å². The second-order valence-electron chi connectivity index (χ2n) is 3.71. The number of carbonyl (C=O) groups excluding carboxylic acids is 1. The zero-order valence-electron chi connectivity index (χ0n) is 10.3. The Labute approximate surface area is 110 Å². The molecule has 0 atom stereocenters. The predicted octanol–water partition coefficient (Wildman–Crippen LogP) is 1.58. The first-order valence-corrected chi connectivity index (χ1v) is 5.63. The van der Waals surface area contributed by atoms with Crippen molar-refractivity contribution in [2.45, 2.75) is 6.92 Å². The molecule has 0 aliphatic carbocycles. The van der Waals surface area contributed by atoms with Crippen LogP contribution in [0.15, 0.2) is 34.9 Å². The lowest BCUT2D eigenvalue weighted by molar-refractivity contribution is 0.102. The molecule has 0 aliphatic heterocycles. The number of amides is 1. The molecule has 0 aromatic carbocycles. The topological polar surface area (TPSA) is 75.4 Å². The van der Waals surface area contributed by atoms with Gasteiger partial charge in [0.05, 0.1) is 11.8 Å². The van der Waals surface area contributed by atoms with Crippen molar-refractivity contribution in [3.8, 4) is 11.8 Å². The Hall–Kier alpha value is -2.58. The average Bonchev–Trinajstić information content (AvgIpc) is 2.83. The molecule has 5 nitrogen and oxygen atoms in total. The Balaban J connectivity index is 2.15. The number of pyridine rings is 1. The minimum Gasteiger partial charge on any atom is -0.469 e. The van der Waals surface area contributed by atoms with Crippen LogP contribution in [0.25, 0.3) is 0 Å². The molecule has 0 fully saturated rings. The molecular formula is C14H12N2O3. The highest BCUT2D eigenvalue weighted by molar-refractivity contribution is 6.04. The molecule has 1 amide bonds. The van der Waals surface area contributed by atoms with Crippen molar-refractivity contribution in [1.82, 2.24) is 4.98 Å². The summed E-state index contributed by atoms with van der Waals surface area (Å²) in [6.07, 6.45) is 1.46. The van der Waals surface area contributed by atoms with Crippen molar-refractivity contribution in [2.24, 2.45) is 0 Å². The minimum atomic E-state index is -0.286. The van der Waals surface area contributed by atoms with Gasteiger partial charge in [0.2, 0.25) is 0 Å². The van der Waals surface area contributed by atoms with Crippen LogP contribution in [0.3, 0.4) is 0 Å². The Morgan fingerprint density at radius 3 is 3.00 bits per heavy atom. The molecule has 96 valence electrons. The monoisotopic (exact) mass is 256 g/mol. The summed E-state index contributed by atoms with van der Waals surface area (Å²) in [6.45, 7) is 1.48. The largest absolute Gasteiger partial charge is 0.469 e. The summed E-state index contributed by atoms with van der Waals surface area (Å²) in [7, 11) is 0. The minimum absolute atomic E-state index is 0.230. The molecule has 2 heterocycles. The van der Waals surface area contributed by atoms with Gasteiger partial charge in [0.15, 0.2) is 0 Å². The van der Waals surface area contributed by atoms with E-state index in [-0.39, 0.29) is 12.5 Å². The van der Waals surface area contributed by atoms with E-state index in [0.29, 0.717) is 22.8 Å². The molecule has 2 N–H and O–H groups in total. The van der Waals surface area contributed by atoms with E-state index < -0.39 is 0 Å². The second kappa shape index (κ2) is 5.85. The van der Waals surface area contributed by atoms with Crippen molar-refractivity contribution in [1.29, 1.82) is 0 Å². The molecule has 0 bridgehead atoms. The van der Waals surface area contributed by atoms with Gasteiger partial charge in [-0.15, -0.1) is 0 Å². The van der Waals surface area contributed by atoms with Crippen LogP contribution >= 0.6 is 0 Å². The summed E-state index contributed by atoms with van der Waals surface area (Å²) in [4.78, 5) is 16.1. The molecule has 2 rings (SSSR count). The van der Waals surface area contributed by atoms with E-state index in [0.717, 1.165) is 0 Å². The molecule has 2 aromatic heterocycles. The highest BCUT2D eigenvalue weighted by atomic mass is 16.3. The standard InChI is InChI=1S/C14H12N2O3/c1-10-12(7-9-19-10)14(18)16-13-6-2-4-11(15-13)5-3-8-17/h2,4,6-7,9,17H,8H2,1H3,(H,15,16,18). The normalized spacial score (nSPS) is 9.58. The number of aliphatic hydroxyl groups is 1. The van der Waals surface area contributed by atoms with Gasteiger partial charge in [0, 0.05) is 0 Å². The summed E-state index contributed by atoms with van der Waals surface area (Å²) < 4.78 is 5.07. The maximum Gasteiger partial charge on any atom is 0.260 e. The molecule has 2 aromatic rings. The molecule has 0 spiro atoms. The first-order chi connectivity index (χ1) is 9.20. The first kappa shape index (κ1) is 12.9. The summed E-state index contributed by atoms with van der Waals surface area (Å²) in [5, 5.41) is 11.3. The Morgan fingerprint density at radius 1 is 1.47 bits per heavy atom. The Morgan fingerprint density at radius 2 is 2.32 bits per heavy atom. The van der Waals surface area contributed by atoms with E-state index in [2.05, 4.69) is 22.1 Å². The fourth-order valence-corrected chi connectivity index (χ4v) is 1.51. The molecule has 0 aliphatic rings. The number of aromatic nitrogens is 1. The van der Waals surface area contributed by atoms with Crippen molar-refractivity contribution in [3.05, 3.63) is 47.5 Å². The van der Waals surface area contributed by atoms with Crippen LogP contribution < -0.4 is 5.32 Å². The number of aliphatic hydroxyl groups excluding tert-OH is 1. The van der Waals surface area contributed by atoms with Gasteiger partial charge in [0.25, 0.3) is 5.91 Å². The molecule has 0 radical (unpaired) electrons. The fraction of sp³-hybridized carbons (Fsp3) is 0.143. The lowest BCUT2D eigenvalue weighted by Crippen LogP contribution is -2.13. The van der Waals surface area contributed by atoms with Crippen LogP contribution in [0.1, 0.15) is 21.8 Å². The first-order valence-electron chi connectivity index (χ1n) is 5.63. The fourth-order valence-electron chi connectivity index (χ4n) is 1.51. The van der Waals surface area contributed by atoms with Crippen LogP contribution in [0.2, 0.25) is 0 Å². The molecule has 19 heavy (non-hydrogen) atoms. The van der Waals surface area contributed by atoms with Gasteiger partial charge in [0.1, 0.15) is 23.9 Å². The van der Waals surface area contributed by atoms with Crippen molar-refractivity contribution < 1.29 is 14.3 Å². The summed E-state index contributed by atoms with van der Waals surface area (Å²) >= 11 is 0. The van der Waals surface area contributed by atoms with E-state index >= 15 is 0 Å². The van der Waals surface area contributed by atoms with Crippen LogP contribution in [0.5, 0.6) is 0 Å². The molecular weight excluding hydrogens is 244 g/mol. The lowest BCUT2D eigenvalue weighted by Gasteiger charge is -2.03. The Kier molecular flexibility index (Phi) is 3.96. The number of aryl methyl sites for hydroxylation is 1. The number of hydrogen-bond donors (Lipinski definition) is 2. The van der Waals surface area contributed by atoms with Crippen LogP contribution in [0, 0.1) is 18.8 Å². The van der Waals surface area contributed by atoms with Crippen molar-refractivity contribution in [3.63, 3.8) is 0 Å². The number of carbonyl (C=O) groups is 1. The number of anilines is 1. The lowest BCUT2D eigenvalue weighted by atomic mass is 10.2. The third-order valence-corrected chi connectivity index (χ3v) is 2.39. The third kappa shape index (κ3) is 3.21. The van der Waals surface area contributed by atoms with Gasteiger partial charge in [-0.05, 0) is 31.0 Å². The van der Waals surface area contributed by atoms with Crippen LogP contribution in [-0.2, 0) is 0 Å². The third-order valence-electron chi connectivity index (χ3n) is 2.39. The SMILES string of the molecule is Cc1occc1C(=O)Nc1cccc(C#CCO)n1. The van der Waals surface area contributed by atoms with Crippen LogP contribution in [0.4, 0.5) is 5.82 Å². The maximum absolute atomic E-state index is 11.9. The van der Waals surface area contributed by atoms with E-state index in [1.54, 1.807) is 31.2 Å². The van der Waals surface area contributed by atoms with Gasteiger partial charge < -0.3 is 14.8 Å². The van der Waals surface area contributed by atoms with Gasteiger partial charge in [-0.3, -0.25) is 4.79 Å². The van der Waals surface area contributed by atoms with Gasteiger partial charge in [-0.2, -0.15) is 0 Å². The maximum atomic E-state index is 11.9.